The highest BCUT2D eigenvalue weighted by Crippen LogP contribution is 2.05. The number of carboxylic acids is 1. The molecule has 1 unspecified atom stereocenters. The molecule has 3 N–H and O–H groups in total. The predicted octanol–water partition coefficient (Wildman–Crippen LogP) is -0.0972. The molecule has 0 fully saturated rings. The summed E-state index contributed by atoms with van der Waals surface area (Å²) in [7, 11) is 0. The summed E-state index contributed by atoms with van der Waals surface area (Å²) in [5.74, 6) is -1.53. The Hall–Kier alpha value is -1.10. The Morgan fingerprint density at radius 1 is 1.36 bits per heavy atom. The van der Waals surface area contributed by atoms with Crippen LogP contribution < -0.4 is 5.73 Å². The zero-order valence-electron chi connectivity index (χ0n) is 8.86. The topological polar surface area (TPSA) is 83.6 Å². The van der Waals surface area contributed by atoms with Gasteiger partial charge < -0.3 is 15.7 Å². The highest BCUT2D eigenvalue weighted by Gasteiger charge is 2.23. The molecule has 5 heteroatoms. The largest absolute Gasteiger partial charge is 0.480 e. The average Bonchev–Trinajstić information content (AvgIpc) is 2.11. The number of nitrogens with zero attached hydrogens (tertiary/aromatic N) is 1. The molecule has 0 heterocycles. The molecule has 0 radical (unpaired) electrons. The Bertz CT molecular complexity index is 216. The van der Waals surface area contributed by atoms with Crippen LogP contribution in [0.2, 0.25) is 0 Å². The molecule has 0 aliphatic carbocycles. The molecule has 0 aromatic heterocycles. The van der Waals surface area contributed by atoms with Crippen LogP contribution in [0.4, 0.5) is 0 Å². The molecule has 0 saturated carbocycles. The van der Waals surface area contributed by atoms with Gasteiger partial charge in [-0.2, -0.15) is 0 Å². The minimum atomic E-state index is -1.00. The molecular formula is C9H18N2O3. The number of amides is 1. The van der Waals surface area contributed by atoms with Crippen LogP contribution in [0.5, 0.6) is 0 Å². The lowest BCUT2D eigenvalue weighted by atomic mass is 10.1. The van der Waals surface area contributed by atoms with E-state index < -0.39 is 5.97 Å². The smallest absolute Gasteiger partial charge is 0.323 e. The monoisotopic (exact) mass is 202 g/mol. The molecule has 0 aliphatic rings. The van der Waals surface area contributed by atoms with Crippen LogP contribution in [0.25, 0.3) is 0 Å². The van der Waals surface area contributed by atoms with E-state index in [9.17, 15) is 9.59 Å². The summed E-state index contributed by atoms with van der Waals surface area (Å²) >= 11 is 0. The Labute approximate surface area is 83.9 Å². The van der Waals surface area contributed by atoms with Crippen molar-refractivity contribution >= 4 is 11.9 Å². The highest BCUT2D eigenvalue weighted by atomic mass is 16.4. The van der Waals surface area contributed by atoms with Gasteiger partial charge in [0.05, 0.1) is 0 Å². The molecule has 0 aromatic rings. The highest BCUT2D eigenvalue weighted by molar-refractivity contribution is 5.83. The lowest BCUT2D eigenvalue weighted by molar-refractivity contribution is -0.147. The maximum absolute atomic E-state index is 11.6. The maximum atomic E-state index is 11.6. The van der Waals surface area contributed by atoms with Gasteiger partial charge in [0, 0.05) is 18.5 Å². The molecule has 0 saturated heterocycles. The van der Waals surface area contributed by atoms with Crippen LogP contribution in [0.1, 0.15) is 20.8 Å². The van der Waals surface area contributed by atoms with Gasteiger partial charge in [0.2, 0.25) is 5.91 Å². The van der Waals surface area contributed by atoms with Gasteiger partial charge in [-0.15, -0.1) is 0 Å². The number of carbonyl (C=O) groups excluding carboxylic acids is 1. The van der Waals surface area contributed by atoms with Crippen LogP contribution in [0.15, 0.2) is 0 Å². The van der Waals surface area contributed by atoms with E-state index in [2.05, 4.69) is 0 Å². The number of aliphatic carboxylic acids is 1. The molecule has 82 valence electrons. The van der Waals surface area contributed by atoms with Crippen molar-refractivity contribution in [2.45, 2.75) is 26.8 Å². The maximum Gasteiger partial charge on any atom is 0.323 e. The van der Waals surface area contributed by atoms with Gasteiger partial charge in [-0.1, -0.05) is 6.92 Å². The second-order valence-electron chi connectivity index (χ2n) is 3.59. The van der Waals surface area contributed by atoms with E-state index in [1.165, 1.54) is 4.90 Å². The van der Waals surface area contributed by atoms with Gasteiger partial charge >= 0.3 is 5.97 Å². The Kier molecular flexibility index (Phi) is 5.15. The summed E-state index contributed by atoms with van der Waals surface area (Å²) in [6.07, 6.45) is 0. The third kappa shape index (κ3) is 3.74. The first-order chi connectivity index (χ1) is 6.40. The molecule has 0 aromatic carbocycles. The molecule has 1 amide bonds. The predicted molar refractivity (Wildman–Crippen MR) is 52.7 cm³/mol. The minimum absolute atomic E-state index is 0.118. The van der Waals surface area contributed by atoms with E-state index in [1.54, 1.807) is 20.8 Å². The second-order valence-corrected chi connectivity index (χ2v) is 3.59. The number of nitrogens with two attached hydrogens (primary N) is 1. The van der Waals surface area contributed by atoms with Crippen molar-refractivity contribution in [3.8, 4) is 0 Å². The lowest BCUT2D eigenvalue weighted by Gasteiger charge is -2.27. The number of carbonyl (C=O) groups is 2. The fraction of sp³-hybridized carbons (Fsp3) is 0.778. The first-order valence-corrected chi connectivity index (χ1v) is 4.62. The number of hydrogen-bond acceptors (Lipinski definition) is 3. The summed E-state index contributed by atoms with van der Waals surface area (Å²) in [6, 6.07) is -0.118. The fourth-order valence-electron chi connectivity index (χ4n) is 1.04. The van der Waals surface area contributed by atoms with E-state index in [1.807, 2.05) is 0 Å². The van der Waals surface area contributed by atoms with Crippen molar-refractivity contribution < 1.29 is 14.7 Å². The minimum Gasteiger partial charge on any atom is -0.480 e. The van der Waals surface area contributed by atoms with Crippen LogP contribution in [0, 0.1) is 5.92 Å². The van der Waals surface area contributed by atoms with Crippen molar-refractivity contribution in [2.75, 3.05) is 13.1 Å². The molecule has 5 nitrogen and oxygen atoms in total. The van der Waals surface area contributed by atoms with Crippen LogP contribution in [0.3, 0.4) is 0 Å². The van der Waals surface area contributed by atoms with Gasteiger partial charge in [0.1, 0.15) is 6.54 Å². The molecule has 0 aliphatic heterocycles. The number of rotatable bonds is 5. The van der Waals surface area contributed by atoms with Crippen molar-refractivity contribution in [2.24, 2.45) is 11.7 Å². The second kappa shape index (κ2) is 5.59. The molecule has 0 spiro atoms. The van der Waals surface area contributed by atoms with Gasteiger partial charge in [-0.25, -0.2) is 0 Å². The molecule has 0 rings (SSSR count). The van der Waals surface area contributed by atoms with Crippen molar-refractivity contribution in [3.63, 3.8) is 0 Å². The number of carboxylic acid groups (broad SMARTS) is 1. The van der Waals surface area contributed by atoms with Gasteiger partial charge in [0.15, 0.2) is 0 Å². The van der Waals surface area contributed by atoms with E-state index in [0.717, 1.165) is 0 Å². The molecular weight excluding hydrogens is 184 g/mol. The Balaban J connectivity index is 4.49. The summed E-state index contributed by atoms with van der Waals surface area (Å²) < 4.78 is 0. The van der Waals surface area contributed by atoms with Crippen molar-refractivity contribution in [1.29, 1.82) is 0 Å². The fourth-order valence-corrected chi connectivity index (χ4v) is 1.04. The van der Waals surface area contributed by atoms with Gasteiger partial charge in [0.25, 0.3) is 0 Å². The third-order valence-electron chi connectivity index (χ3n) is 1.99. The molecule has 1 atom stereocenters. The summed E-state index contributed by atoms with van der Waals surface area (Å²) in [6.45, 7) is 5.23. The molecule has 0 bridgehead atoms. The standard InChI is InChI=1S/C9H18N2O3/c1-6(2)11(5-8(12)13)9(14)7(3)4-10/h6-7H,4-5,10H2,1-3H3,(H,12,13). The summed E-state index contributed by atoms with van der Waals surface area (Å²) in [4.78, 5) is 23.5. The Morgan fingerprint density at radius 2 is 1.86 bits per heavy atom. The third-order valence-corrected chi connectivity index (χ3v) is 1.99. The first kappa shape index (κ1) is 12.9. The summed E-state index contributed by atoms with van der Waals surface area (Å²) in [5.41, 5.74) is 5.35. The van der Waals surface area contributed by atoms with Crippen LogP contribution >= 0.6 is 0 Å². The van der Waals surface area contributed by atoms with E-state index in [-0.39, 0.29) is 31.0 Å². The van der Waals surface area contributed by atoms with E-state index in [4.69, 9.17) is 10.8 Å². The normalized spacial score (nSPS) is 12.6. The Morgan fingerprint density at radius 3 is 2.14 bits per heavy atom. The van der Waals surface area contributed by atoms with E-state index in [0.29, 0.717) is 0 Å². The van der Waals surface area contributed by atoms with Gasteiger partial charge in [-0.05, 0) is 13.8 Å². The van der Waals surface area contributed by atoms with Crippen LogP contribution in [-0.2, 0) is 9.59 Å². The average molecular weight is 202 g/mol. The quantitative estimate of drug-likeness (QED) is 0.652. The zero-order chi connectivity index (χ0) is 11.3. The van der Waals surface area contributed by atoms with Crippen molar-refractivity contribution in [3.05, 3.63) is 0 Å². The molecule has 14 heavy (non-hydrogen) atoms. The SMILES string of the molecule is CC(CN)C(=O)N(CC(=O)O)C(C)C. The van der Waals surface area contributed by atoms with Crippen LogP contribution in [-0.4, -0.2) is 41.0 Å². The van der Waals surface area contributed by atoms with Crippen molar-refractivity contribution in [1.82, 2.24) is 4.90 Å². The van der Waals surface area contributed by atoms with E-state index >= 15 is 0 Å². The summed E-state index contributed by atoms with van der Waals surface area (Å²) in [5, 5.41) is 8.61. The zero-order valence-corrected chi connectivity index (χ0v) is 8.86. The lowest BCUT2D eigenvalue weighted by Crippen LogP contribution is -2.44. The number of hydrogen-bond donors (Lipinski definition) is 2. The van der Waals surface area contributed by atoms with Gasteiger partial charge in [-0.3, -0.25) is 9.59 Å². The first-order valence-electron chi connectivity index (χ1n) is 4.62.